The molecule has 4 heterocycles. The van der Waals surface area contributed by atoms with E-state index in [1.165, 1.54) is 21.4 Å². The third-order valence-corrected chi connectivity index (χ3v) is 8.00. The first-order chi connectivity index (χ1) is 18.1. The van der Waals surface area contributed by atoms with Crippen LogP contribution in [0.4, 0.5) is 0 Å². The van der Waals surface area contributed by atoms with Gasteiger partial charge in [0.1, 0.15) is 5.65 Å². The molecule has 3 fully saturated rings. The highest BCUT2D eigenvalue weighted by molar-refractivity contribution is 5.97. The van der Waals surface area contributed by atoms with Crippen molar-refractivity contribution in [2.24, 2.45) is 5.92 Å². The van der Waals surface area contributed by atoms with Gasteiger partial charge in [-0.15, -0.1) is 0 Å². The van der Waals surface area contributed by atoms with Crippen LogP contribution in [-0.2, 0) is 16.1 Å². The SMILES string of the molecule is CC(=O)N1CCC2(CCCN2C(=O)C=Cc2cnn3c(O)c(C(=O)NC4CC4)c(=O)n(CC(C)C)c23)CC1. The van der Waals surface area contributed by atoms with Gasteiger partial charge in [-0.25, -0.2) is 0 Å². The molecule has 1 spiro atoms. The van der Waals surface area contributed by atoms with E-state index in [4.69, 9.17) is 0 Å². The minimum atomic E-state index is -0.604. The van der Waals surface area contributed by atoms with E-state index in [2.05, 4.69) is 10.4 Å². The number of nitrogens with zero attached hydrogens (tertiary/aromatic N) is 5. The molecule has 2 N–H and O–H groups in total. The van der Waals surface area contributed by atoms with Gasteiger partial charge in [-0.2, -0.15) is 9.61 Å². The van der Waals surface area contributed by atoms with Crippen LogP contribution in [0.25, 0.3) is 11.7 Å². The summed E-state index contributed by atoms with van der Waals surface area (Å²) in [4.78, 5) is 55.1. The third-order valence-electron chi connectivity index (χ3n) is 8.00. The second-order valence-electron chi connectivity index (χ2n) is 11.2. The fraction of sp³-hybridized carbons (Fsp3) is 0.593. The van der Waals surface area contributed by atoms with Crippen LogP contribution in [-0.4, -0.2) is 78.0 Å². The molecule has 11 heteroatoms. The monoisotopic (exact) mass is 524 g/mol. The molecule has 2 aromatic heterocycles. The van der Waals surface area contributed by atoms with Gasteiger partial charge < -0.3 is 20.2 Å². The van der Waals surface area contributed by atoms with Crippen LogP contribution in [0.5, 0.6) is 5.88 Å². The van der Waals surface area contributed by atoms with E-state index in [0.717, 1.165) is 38.5 Å². The van der Waals surface area contributed by atoms with Crippen LogP contribution in [0.2, 0.25) is 0 Å². The van der Waals surface area contributed by atoms with Crippen LogP contribution < -0.4 is 10.9 Å². The number of amides is 3. The van der Waals surface area contributed by atoms with E-state index in [1.807, 2.05) is 23.6 Å². The first-order valence-corrected chi connectivity index (χ1v) is 13.5. The average Bonchev–Trinajstić information content (AvgIpc) is 3.43. The largest absolute Gasteiger partial charge is 0.492 e. The summed E-state index contributed by atoms with van der Waals surface area (Å²) in [6, 6.07) is 0.0289. The summed E-state index contributed by atoms with van der Waals surface area (Å²) in [5.74, 6) is -1.09. The van der Waals surface area contributed by atoms with Crippen molar-refractivity contribution in [2.75, 3.05) is 19.6 Å². The van der Waals surface area contributed by atoms with Gasteiger partial charge in [0.05, 0.1) is 6.20 Å². The maximum atomic E-state index is 13.4. The zero-order valence-corrected chi connectivity index (χ0v) is 22.3. The van der Waals surface area contributed by atoms with Gasteiger partial charge in [0.25, 0.3) is 11.5 Å². The number of hydrogen-bond acceptors (Lipinski definition) is 6. The molecule has 11 nitrogen and oxygen atoms in total. The number of aromatic nitrogens is 3. The molecule has 3 amide bonds. The minimum absolute atomic E-state index is 0.0289. The Kier molecular flexibility index (Phi) is 6.79. The lowest BCUT2D eigenvalue weighted by Gasteiger charge is -2.44. The number of hydrogen-bond donors (Lipinski definition) is 2. The molecule has 0 unspecified atom stereocenters. The summed E-state index contributed by atoms with van der Waals surface area (Å²) < 4.78 is 2.66. The Morgan fingerprint density at radius 2 is 1.89 bits per heavy atom. The quantitative estimate of drug-likeness (QED) is 0.554. The summed E-state index contributed by atoms with van der Waals surface area (Å²) in [5, 5.41) is 17.9. The van der Waals surface area contributed by atoms with Crippen LogP contribution in [0.15, 0.2) is 17.1 Å². The highest BCUT2D eigenvalue weighted by Gasteiger charge is 2.45. The zero-order chi connectivity index (χ0) is 27.2. The summed E-state index contributed by atoms with van der Waals surface area (Å²) >= 11 is 0. The standard InChI is InChI=1S/C27H36N6O5/c1-17(2)16-31-24-19(15-28-33(24)26(38)22(25(31)37)23(36)29-20-6-7-20)5-8-21(35)32-12-4-9-27(32)10-13-30(14-11-27)18(3)34/h5,8,15,17,20,38H,4,6-7,9-14,16H2,1-3H3,(H,29,36). The molecule has 204 valence electrons. The third kappa shape index (κ3) is 4.69. The van der Waals surface area contributed by atoms with Crippen molar-refractivity contribution in [1.29, 1.82) is 0 Å². The Labute approximate surface area is 221 Å². The predicted molar refractivity (Wildman–Crippen MR) is 141 cm³/mol. The van der Waals surface area contributed by atoms with Gasteiger partial charge in [-0.3, -0.25) is 23.7 Å². The summed E-state index contributed by atoms with van der Waals surface area (Å²) in [6.07, 6.45) is 9.68. The molecule has 5 rings (SSSR count). The molecule has 0 atom stereocenters. The maximum absolute atomic E-state index is 13.4. The Morgan fingerprint density at radius 3 is 2.53 bits per heavy atom. The summed E-state index contributed by atoms with van der Waals surface area (Å²) in [6.45, 7) is 7.76. The average molecular weight is 525 g/mol. The molecular weight excluding hydrogens is 488 g/mol. The minimum Gasteiger partial charge on any atom is -0.492 e. The van der Waals surface area contributed by atoms with E-state index < -0.39 is 17.3 Å². The smallest absolute Gasteiger partial charge is 0.270 e. The molecule has 2 aromatic rings. The first kappa shape index (κ1) is 26.0. The van der Waals surface area contributed by atoms with Gasteiger partial charge in [0.2, 0.25) is 17.7 Å². The zero-order valence-electron chi connectivity index (χ0n) is 22.3. The van der Waals surface area contributed by atoms with Gasteiger partial charge in [0.15, 0.2) is 5.56 Å². The lowest BCUT2D eigenvalue weighted by Crippen LogP contribution is -2.54. The highest BCUT2D eigenvalue weighted by Crippen LogP contribution is 2.38. The number of fused-ring (bicyclic) bond motifs is 1. The Morgan fingerprint density at radius 1 is 1.18 bits per heavy atom. The molecule has 38 heavy (non-hydrogen) atoms. The Balaban J connectivity index is 1.45. The number of rotatable bonds is 6. The van der Waals surface area contributed by atoms with E-state index in [-0.39, 0.29) is 34.9 Å². The molecule has 1 saturated carbocycles. The molecule has 3 aliphatic rings. The van der Waals surface area contributed by atoms with Crippen LogP contribution >= 0.6 is 0 Å². The number of piperidine rings is 1. The molecule has 1 aliphatic carbocycles. The lowest BCUT2D eigenvalue weighted by molar-refractivity contribution is -0.135. The van der Waals surface area contributed by atoms with E-state index in [0.29, 0.717) is 37.4 Å². The molecule has 0 radical (unpaired) electrons. The number of nitrogens with one attached hydrogen (secondary N) is 1. The van der Waals surface area contributed by atoms with Gasteiger partial charge in [-0.05, 0) is 50.5 Å². The molecule has 2 aliphatic heterocycles. The second-order valence-corrected chi connectivity index (χ2v) is 11.2. The number of carbonyl (C=O) groups is 3. The summed E-state index contributed by atoms with van der Waals surface area (Å²) in [7, 11) is 0. The topological polar surface area (TPSA) is 129 Å². The predicted octanol–water partition coefficient (Wildman–Crippen LogP) is 1.77. The molecular formula is C27H36N6O5. The van der Waals surface area contributed by atoms with Crippen molar-refractivity contribution in [1.82, 2.24) is 29.3 Å². The molecule has 0 bridgehead atoms. The molecule has 0 aromatic carbocycles. The number of aromatic hydroxyl groups is 1. The number of likely N-dealkylation sites (tertiary alicyclic amines) is 2. The lowest BCUT2D eigenvalue weighted by atomic mass is 9.85. The Bertz CT molecular complexity index is 1360. The maximum Gasteiger partial charge on any atom is 0.270 e. The first-order valence-electron chi connectivity index (χ1n) is 13.5. The van der Waals surface area contributed by atoms with Crippen molar-refractivity contribution >= 4 is 29.4 Å². The van der Waals surface area contributed by atoms with Gasteiger partial charge in [-0.1, -0.05) is 13.8 Å². The fourth-order valence-electron chi connectivity index (χ4n) is 5.84. The van der Waals surface area contributed by atoms with E-state index in [1.54, 1.807) is 13.0 Å². The fourth-order valence-corrected chi connectivity index (χ4v) is 5.84. The summed E-state index contributed by atoms with van der Waals surface area (Å²) in [5.41, 5.74) is -0.315. The van der Waals surface area contributed by atoms with Gasteiger partial charge >= 0.3 is 0 Å². The second kappa shape index (κ2) is 9.92. The van der Waals surface area contributed by atoms with Crippen molar-refractivity contribution < 1.29 is 19.5 Å². The number of carbonyl (C=O) groups excluding carboxylic acids is 3. The van der Waals surface area contributed by atoms with Crippen molar-refractivity contribution in [3.8, 4) is 5.88 Å². The Hall–Kier alpha value is -3.63. The van der Waals surface area contributed by atoms with Gasteiger partial charge in [0, 0.05) is 56.3 Å². The van der Waals surface area contributed by atoms with E-state index in [9.17, 15) is 24.3 Å². The van der Waals surface area contributed by atoms with Crippen molar-refractivity contribution in [2.45, 2.75) is 77.4 Å². The van der Waals surface area contributed by atoms with Crippen molar-refractivity contribution in [3.05, 3.63) is 33.8 Å². The normalized spacial score (nSPS) is 19.3. The van der Waals surface area contributed by atoms with Crippen LogP contribution in [0.3, 0.4) is 0 Å². The molecule has 2 saturated heterocycles. The van der Waals surface area contributed by atoms with E-state index >= 15 is 0 Å². The highest BCUT2D eigenvalue weighted by atomic mass is 16.3. The van der Waals surface area contributed by atoms with Crippen molar-refractivity contribution in [3.63, 3.8) is 0 Å². The van der Waals surface area contributed by atoms with Crippen LogP contribution in [0, 0.1) is 5.92 Å². The van der Waals surface area contributed by atoms with Crippen LogP contribution in [0.1, 0.15) is 75.2 Å².